The molecule has 0 radical (unpaired) electrons. The smallest absolute Gasteiger partial charge is 0.229 e. The van der Waals surface area contributed by atoms with E-state index in [0.29, 0.717) is 0 Å². The Kier molecular flexibility index (Phi) is 4.53. The van der Waals surface area contributed by atoms with Crippen LogP contribution in [0.4, 0.5) is 0 Å². The molecule has 1 aliphatic heterocycles. The van der Waals surface area contributed by atoms with E-state index in [0.717, 1.165) is 22.4 Å². The Morgan fingerprint density at radius 3 is 2.56 bits per heavy atom. The Hall–Kier alpha value is -2.59. The zero-order chi connectivity index (χ0) is 17.1. The van der Waals surface area contributed by atoms with Crippen molar-refractivity contribution in [3.8, 4) is 0 Å². The minimum atomic E-state index is -0.194. The van der Waals surface area contributed by atoms with Gasteiger partial charge in [0.1, 0.15) is 0 Å². The number of amides is 1. The van der Waals surface area contributed by atoms with Gasteiger partial charge in [-0.05, 0) is 28.8 Å². The van der Waals surface area contributed by atoms with Crippen molar-refractivity contribution >= 4 is 17.7 Å². The summed E-state index contributed by atoms with van der Waals surface area (Å²) in [7, 11) is 0. The van der Waals surface area contributed by atoms with E-state index < -0.39 is 0 Å². The van der Waals surface area contributed by atoms with Gasteiger partial charge in [-0.2, -0.15) is 0 Å². The number of carbonyl (C=O) groups is 1. The first-order valence-corrected chi connectivity index (χ1v) is 9.28. The molecule has 0 saturated carbocycles. The van der Waals surface area contributed by atoms with Crippen LogP contribution < -0.4 is 5.32 Å². The molecule has 2 atom stereocenters. The maximum atomic E-state index is 13.0. The summed E-state index contributed by atoms with van der Waals surface area (Å²) in [5.41, 5.74) is 3.17. The number of nitrogens with zero attached hydrogens (tertiary/aromatic N) is 1. The van der Waals surface area contributed by atoms with E-state index in [2.05, 4.69) is 22.4 Å². The van der Waals surface area contributed by atoms with E-state index in [-0.39, 0.29) is 17.9 Å². The van der Waals surface area contributed by atoms with Crippen molar-refractivity contribution in [3.63, 3.8) is 0 Å². The molecule has 1 amide bonds. The van der Waals surface area contributed by atoms with Crippen LogP contribution in [0.15, 0.2) is 84.0 Å². The number of rotatable bonds is 4. The summed E-state index contributed by atoms with van der Waals surface area (Å²) in [4.78, 5) is 18.4. The van der Waals surface area contributed by atoms with Crippen molar-refractivity contribution in [2.45, 2.75) is 16.9 Å². The molecule has 0 unspecified atom stereocenters. The fraction of sp³-hybridized carbons (Fsp3) is 0.143. The minimum Gasteiger partial charge on any atom is -0.345 e. The number of nitrogens with one attached hydrogen (secondary N) is 1. The third-order valence-electron chi connectivity index (χ3n) is 4.45. The highest BCUT2D eigenvalue weighted by molar-refractivity contribution is 7.99. The topological polar surface area (TPSA) is 42.0 Å². The predicted molar refractivity (Wildman–Crippen MR) is 101 cm³/mol. The lowest BCUT2D eigenvalue weighted by atomic mass is 9.96. The number of fused-ring (bicyclic) bond motifs is 1. The van der Waals surface area contributed by atoms with Crippen molar-refractivity contribution in [2.75, 3.05) is 5.75 Å². The summed E-state index contributed by atoms with van der Waals surface area (Å²) in [6, 6.07) is 21.9. The number of benzene rings is 2. The SMILES string of the molecule is O=C(N[C@H](c1ccccc1)c1cccnc1)[C@H]1CSc2ccccc21. The van der Waals surface area contributed by atoms with Crippen LogP contribution >= 0.6 is 11.8 Å². The average molecular weight is 346 g/mol. The zero-order valence-corrected chi connectivity index (χ0v) is 14.4. The maximum Gasteiger partial charge on any atom is 0.229 e. The fourth-order valence-corrected chi connectivity index (χ4v) is 4.40. The van der Waals surface area contributed by atoms with Crippen LogP contribution in [0.2, 0.25) is 0 Å². The van der Waals surface area contributed by atoms with Crippen molar-refractivity contribution < 1.29 is 4.79 Å². The molecule has 124 valence electrons. The molecule has 0 saturated heterocycles. The molecular formula is C21H18N2OS. The second kappa shape index (κ2) is 7.11. The Balaban J connectivity index is 1.62. The highest BCUT2D eigenvalue weighted by atomic mass is 32.2. The molecule has 2 heterocycles. The van der Waals surface area contributed by atoms with Crippen LogP contribution in [0.3, 0.4) is 0 Å². The summed E-state index contributed by atoms with van der Waals surface area (Å²) in [5.74, 6) is 0.749. The summed E-state index contributed by atoms with van der Waals surface area (Å²) >= 11 is 1.75. The molecule has 0 fully saturated rings. The molecule has 0 aliphatic carbocycles. The zero-order valence-electron chi connectivity index (χ0n) is 13.6. The second-order valence-electron chi connectivity index (χ2n) is 6.04. The lowest BCUT2D eigenvalue weighted by molar-refractivity contribution is -0.122. The Morgan fingerprint density at radius 2 is 1.76 bits per heavy atom. The maximum absolute atomic E-state index is 13.0. The van der Waals surface area contributed by atoms with Crippen LogP contribution in [-0.4, -0.2) is 16.6 Å². The van der Waals surface area contributed by atoms with Crippen LogP contribution in [0.5, 0.6) is 0 Å². The van der Waals surface area contributed by atoms with Gasteiger partial charge in [-0.3, -0.25) is 9.78 Å². The van der Waals surface area contributed by atoms with Crippen LogP contribution in [-0.2, 0) is 4.79 Å². The van der Waals surface area contributed by atoms with E-state index in [1.54, 1.807) is 18.0 Å². The van der Waals surface area contributed by atoms with Gasteiger partial charge < -0.3 is 5.32 Å². The molecule has 1 aliphatic rings. The standard InChI is InChI=1S/C21H18N2OS/c24-21(18-14-25-19-11-5-4-10-17(18)19)23-20(15-7-2-1-3-8-15)16-9-6-12-22-13-16/h1-13,18,20H,14H2,(H,23,24)/t18-,20+/m0/s1. The first-order valence-electron chi connectivity index (χ1n) is 8.30. The molecule has 0 spiro atoms. The number of pyridine rings is 1. The van der Waals surface area contributed by atoms with Gasteiger partial charge in [0, 0.05) is 23.0 Å². The fourth-order valence-electron chi connectivity index (χ4n) is 3.17. The molecule has 2 aromatic carbocycles. The molecule has 4 heteroatoms. The average Bonchev–Trinajstić information content (AvgIpc) is 3.11. The van der Waals surface area contributed by atoms with Gasteiger partial charge in [-0.25, -0.2) is 0 Å². The lowest BCUT2D eigenvalue weighted by Crippen LogP contribution is -2.33. The normalized spacial score (nSPS) is 16.9. The number of hydrogen-bond donors (Lipinski definition) is 1. The molecular weight excluding hydrogens is 328 g/mol. The van der Waals surface area contributed by atoms with E-state index in [4.69, 9.17) is 0 Å². The van der Waals surface area contributed by atoms with Crippen LogP contribution in [0.25, 0.3) is 0 Å². The van der Waals surface area contributed by atoms with Gasteiger partial charge in [0.05, 0.1) is 12.0 Å². The van der Waals surface area contributed by atoms with E-state index in [1.165, 1.54) is 4.90 Å². The monoisotopic (exact) mass is 346 g/mol. The van der Waals surface area contributed by atoms with Crippen molar-refractivity contribution in [1.82, 2.24) is 10.3 Å². The number of aromatic nitrogens is 1. The largest absolute Gasteiger partial charge is 0.345 e. The Labute approximate surface area is 151 Å². The molecule has 3 aromatic rings. The quantitative estimate of drug-likeness (QED) is 0.771. The van der Waals surface area contributed by atoms with Gasteiger partial charge in [0.15, 0.2) is 0 Å². The van der Waals surface area contributed by atoms with Gasteiger partial charge in [0.25, 0.3) is 0 Å². The Morgan fingerprint density at radius 1 is 1.00 bits per heavy atom. The lowest BCUT2D eigenvalue weighted by Gasteiger charge is -2.22. The summed E-state index contributed by atoms with van der Waals surface area (Å²) in [6.07, 6.45) is 3.56. The molecule has 25 heavy (non-hydrogen) atoms. The van der Waals surface area contributed by atoms with Crippen molar-refractivity contribution in [1.29, 1.82) is 0 Å². The predicted octanol–water partition coefficient (Wildman–Crippen LogP) is 4.18. The van der Waals surface area contributed by atoms with Gasteiger partial charge in [-0.1, -0.05) is 54.6 Å². The number of thioether (sulfide) groups is 1. The molecule has 0 bridgehead atoms. The summed E-state index contributed by atoms with van der Waals surface area (Å²) < 4.78 is 0. The van der Waals surface area contributed by atoms with Gasteiger partial charge >= 0.3 is 0 Å². The van der Waals surface area contributed by atoms with E-state index in [1.807, 2.05) is 60.8 Å². The first-order chi connectivity index (χ1) is 12.3. The van der Waals surface area contributed by atoms with E-state index in [9.17, 15) is 4.79 Å². The Bertz CT molecular complexity index is 828. The van der Waals surface area contributed by atoms with Crippen LogP contribution in [0.1, 0.15) is 28.7 Å². The molecule has 1 N–H and O–H groups in total. The van der Waals surface area contributed by atoms with Crippen molar-refractivity contribution in [3.05, 3.63) is 95.8 Å². The van der Waals surface area contributed by atoms with Gasteiger partial charge in [-0.15, -0.1) is 11.8 Å². The number of carbonyl (C=O) groups excluding carboxylic acids is 1. The summed E-state index contributed by atoms with van der Waals surface area (Å²) in [6.45, 7) is 0. The first kappa shape index (κ1) is 15.9. The highest BCUT2D eigenvalue weighted by Gasteiger charge is 2.30. The highest BCUT2D eigenvalue weighted by Crippen LogP contribution is 2.39. The molecule has 3 nitrogen and oxygen atoms in total. The third-order valence-corrected chi connectivity index (χ3v) is 5.64. The number of hydrogen-bond acceptors (Lipinski definition) is 3. The molecule has 1 aromatic heterocycles. The minimum absolute atomic E-state index is 0.0650. The van der Waals surface area contributed by atoms with Crippen molar-refractivity contribution in [2.24, 2.45) is 0 Å². The summed E-state index contributed by atoms with van der Waals surface area (Å²) in [5, 5.41) is 3.24. The third kappa shape index (κ3) is 3.30. The second-order valence-corrected chi connectivity index (χ2v) is 7.10. The van der Waals surface area contributed by atoms with Gasteiger partial charge in [0.2, 0.25) is 5.91 Å². The van der Waals surface area contributed by atoms with E-state index >= 15 is 0 Å². The van der Waals surface area contributed by atoms with Crippen LogP contribution in [0, 0.1) is 0 Å². The molecule has 4 rings (SSSR count).